The average Bonchev–Trinajstić information content (AvgIpc) is 2.99. The Balaban J connectivity index is 1.71. The molecule has 10 heteroatoms. The van der Waals surface area contributed by atoms with Crippen molar-refractivity contribution in [3.05, 3.63) is 74.3 Å². The van der Waals surface area contributed by atoms with Gasteiger partial charge in [-0.15, -0.1) is 0 Å². The van der Waals surface area contributed by atoms with E-state index in [1.54, 1.807) is 24.3 Å². The number of unbranched alkanes of at least 4 members (excludes halogenated alkanes) is 6. The van der Waals surface area contributed by atoms with E-state index in [0.717, 1.165) is 63.5 Å². The number of esters is 1. The number of ketones is 2. The number of hydrogen-bond donors (Lipinski definition) is 3. The molecule has 0 fully saturated rings. The predicted molar refractivity (Wildman–Crippen MR) is 167 cm³/mol. The number of hydrogen-bond acceptors (Lipinski definition) is 8. The van der Waals surface area contributed by atoms with Gasteiger partial charge in [-0.25, -0.2) is 4.79 Å². The van der Waals surface area contributed by atoms with Crippen molar-refractivity contribution in [1.29, 1.82) is 0 Å². The number of phenols is 2. The first-order valence-corrected chi connectivity index (χ1v) is 15.3. The van der Waals surface area contributed by atoms with Crippen LogP contribution in [0.25, 0.3) is 0 Å². The van der Waals surface area contributed by atoms with Gasteiger partial charge in [-0.2, -0.15) is 0 Å². The molecule has 0 unspecified atom stereocenters. The second-order valence-corrected chi connectivity index (χ2v) is 11.2. The lowest BCUT2D eigenvalue weighted by Gasteiger charge is -2.25. The van der Waals surface area contributed by atoms with Crippen molar-refractivity contribution in [2.24, 2.45) is 0 Å². The Hall–Kier alpha value is -3.75. The van der Waals surface area contributed by atoms with Crippen LogP contribution in [0.4, 0.5) is 11.4 Å². The highest BCUT2D eigenvalue weighted by molar-refractivity contribution is 6.46. The number of benzene rings is 3. The fraction of sp³-hybridized carbons (Fsp3) is 0.364. The fourth-order valence-electron chi connectivity index (χ4n) is 4.91. The smallest absolute Gasteiger partial charge is 0.338 e. The SMILES string of the molecule is CCCCCCCCOc1c(Cl)c2c(c(Cl)c1Nc1ccc(C(=O)OCCCC)cc1)C(=O)c1c(O)ccc(O)c1C2=O. The second kappa shape index (κ2) is 14.6. The number of carbonyl (C=O) groups is 3. The van der Waals surface area contributed by atoms with Crippen molar-refractivity contribution < 1.29 is 34.1 Å². The van der Waals surface area contributed by atoms with Gasteiger partial charge in [-0.05, 0) is 49.2 Å². The molecule has 0 atom stereocenters. The molecule has 0 amide bonds. The molecule has 3 N–H and O–H groups in total. The van der Waals surface area contributed by atoms with Crippen LogP contribution in [0.15, 0.2) is 36.4 Å². The standard InChI is InChI=1S/C33H35Cl2NO7/c1-3-5-7-8-9-10-18-42-32-28(35)26-25(30(39)23-21(37)15-16-22(38)24(23)31(26)40)27(34)29(32)36-20-13-11-19(12-14-20)33(41)43-17-6-4-2/h11-16,36-38H,3-10,17-18H2,1-2H3. The number of aromatic hydroxyl groups is 2. The Labute approximate surface area is 260 Å². The monoisotopic (exact) mass is 627 g/mol. The first-order chi connectivity index (χ1) is 20.7. The highest BCUT2D eigenvalue weighted by Crippen LogP contribution is 2.50. The number of fused-ring (bicyclic) bond motifs is 2. The van der Waals surface area contributed by atoms with Crippen LogP contribution in [0.3, 0.4) is 0 Å². The van der Waals surface area contributed by atoms with E-state index < -0.39 is 29.0 Å². The summed E-state index contributed by atoms with van der Waals surface area (Å²) in [6.07, 6.45) is 7.83. The molecular formula is C33H35Cl2NO7. The molecule has 0 saturated carbocycles. The quantitative estimate of drug-likeness (QED) is 0.0721. The van der Waals surface area contributed by atoms with Gasteiger partial charge in [0, 0.05) is 5.69 Å². The minimum Gasteiger partial charge on any atom is -0.507 e. The normalized spacial score (nSPS) is 12.1. The van der Waals surface area contributed by atoms with E-state index in [-0.39, 0.29) is 50.3 Å². The van der Waals surface area contributed by atoms with E-state index in [4.69, 9.17) is 32.7 Å². The van der Waals surface area contributed by atoms with E-state index in [2.05, 4.69) is 12.2 Å². The van der Waals surface area contributed by atoms with Gasteiger partial charge >= 0.3 is 5.97 Å². The van der Waals surface area contributed by atoms with Crippen LogP contribution >= 0.6 is 23.2 Å². The molecule has 3 aromatic carbocycles. The van der Waals surface area contributed by atoms with Crippen LogP contribution in [-0.2, 0) is 4.74 Å². The highest BCUT2D eigenvalue weighted by Gasteiger charge is 2.40. The van der Waals surface area contributed by atoms with Gasteiger partial charge in [0.25, 0.3) is 0 Å². The molecular weight excluding hydrogens is 593 g/mol. The maximum absolute atomic E-state index is 13.6. The zero-order chi connectivity index (χ0) is 31.1. The maximum atomic E-state index is 13.6. The zero-order valence-corrected chi connectivity index (χ0v) is 25.7. The molecule has 3 aromatic rings. The first-order valence-electron chi connectivity index (χ1n) is 14.6. The average molecular weight is 629 g/mol. The number of anilines is 2. The largest absolute Gasteiger partial charge is 0.507 e. The molecule has 43 heavy (non-hydrogen) atoms. The zero-order valence-electron chi connectivity index (χ0n) is 24.2. The Morgan fingerprint density at radius 3 is 1.88 bits per heavy atom. The number of phenolic OH excluding ortho intramolecular Hbond substituents is 2. The molecule has 8 nitrogen and oxygen atoms in total. The van der Waals surface area contributed by atoms with E-state index in [1.165, 1.54) is 0 Å². The summed E-state index contributed by atoms with van der Waals surface area (Å²) in [6, 6.07) is 8.73. The predicted octanol–water partition coefficient (Wildman–Crippen LogP) is 8.62. The van der Waals surface area contributed by atoms with Crippen molar-refractivity contribution in [3.8, 4) is 17.2 Å². The molecule has 4 rings (SSSR count). The van der Waals surface area contributed by atoms with Crippen LogP contribution in [0.1, 0.15) is 107 Å². The summed E-state index contributed by atoms with van der Waals surface area (Å²) in [7, 11) is 0. The molecule has 0 bridgehead atoms. The third kappa shape index (κ3) is 6.92. The summed E-state index contributed by atoms with van der Waals surface area (Å²) in [5, 5.41) is 23.7. The Bertz CT molecular complexity index is 1520. The van der Waals surface area contributed by atoms with Crippen LogP contribution in [0.2, 0.25) is 10.0 Å². The minimum absolute atomic E-state index is 0.0752. The molecule has 0 aliphatic heterocycles. The first kappa shape index (κ1) is 32.2. The number of rotatable bonds is 14. The van der Waals surface area contributed by atoms with Crippen molar-refractivity contribution in [3.63, 3.8) is 0 Å². The van der Waals surface area contributed by atoms with Gasteiger partial charge < -0.3 is 25.0 Å². The van der Waals surface area contributed by atoms with Gasteiger partial charge in [-0.3, -0.25) is 9.59 Å². The van der Waals surface area contributed by atoms with Crippen LogP contribution in [0.5, 0.6) is 17.2 Å². The van der Waals surface area contributed by atoms with E-state index >= 15 is 0 Å². The second-order valence-electron chi connectivity index (χ2n) is 10.4. The topological polar surface area (TPSA) is 122 Å². The van der Waals surface area contributed by atoms with Crippen LogP contribution in [0, 0.1) is 0 Å². The fourth-order valence-corrected chi connectivity index (χ4v) is 5.56. The summed E-state index contributed by atoms with van der Waals surface area (Å²) < 4.78 is 11.4. The summed E-state index contributed by atoms with van der Waals surface area (Å²) in [5.74, 6) is -2.82. The molecule has 0 heterocycles. The Kier molecular flexibility index (Phi) is 10.9. The van der Waals surface area contributed by atoms with Crippen LogP contribution < -0.4 is 10.1 Å². The summed E-state index contributed by atoms with van der Waals surface area (Å²) in [5.41, 5.74) is -0.104. The van der Waals surface area contributed by atoms with Gasteiger partial charge in [0.1, 0.15) is 17.2 Å². The molecule has 0 saturated heterocycles. The molecule has 0 aromatic heterocycles. The number of carbonyl (C=O) groups excluding carboxylic acids is 3. The number of halogens is 2. The molecule has 0 radical (unpaired) electrons. The van der Waals surface area contributed by atoms with E-state index in [0.29, 0.717) is 17.9 Å². The van der Waals surface area contributed by atoms with Gasteiger partial charge in [-0.1, -0.05) is 75.6 Å². The minimum atomic E-state index is -0.763. The summed E-state index contributed by atoms with van der Waals surface area (Å²) in [4.78, 5) is 39.6. The van der Waals surface area contributed by atoms with Gasteiger partial charge in [0.05, 0.1) is 51.1 Å². The number of ether oxygens (including phenoxy) is 2. The molecule has 1 aliphatic rings. The molecule has 1 aliphatic carbocycles. The van der Waals surface area contributed by atoms with Gasteiger partial charge in [0.15, 0.2) is 17.3 Å². The number of nitrogens with one attached hydrogen (secondary N) is 1. The Morgan fingerprint density at radius 1 is 0.721 bits per heavy atom. The van der Waals surface area contributed by atoms with Crippen molar-refractivity contribution in [2.45, 2.75) is 65.2 Å². The van der Waals surface area contributed by atoms with Gasteiger partial charge in [0.2, 0.25) is 0 Å². The van der Waals surface area contributed by atoms with Crippen molar-refractivity contribution >= 4 is 52.1 Å². The highest BCUT2D eigenvalue weighted by atomic mass is 35.5. The van der Waals surface area contributed by atoms with E-state index in [1.807, 2.05) is 6.92 Å². The lowest BCUT2D eigenvalue weighted by Crippen LogP contribution is -2.23. The third-order valence-electron chi connectivity index (χ3n) is 7.27. The summed E-state index contributed by atoms with van der Waals surface area (Å²) in [6.45, 7) is 4.77. The lowest BCUT2D eigenvalue weighted by molar-refractivity contribution is 0.0499. The summed E-state index contributed by atoms with van der Waals surface area (Å²) >= 11 is 13.6. The molecule has 0 spiro atoms. The van der Waals surface area contributed by atoms with Crippen molar-refractivity contribution in [1.82, 2.24) is 0 Å². The lowest BCUT2D eigenvalue weighted by atomic mass is 9.82. The van der Waals surface area contributed by atoms with Crippen molar-refractivity contribution in [2.75, 3.05) is 18.5 Å². The van der Waals surface area contributed by atoms with Crippen LogP contribution in [-0.4, -0.2) is 41.0 Å². The Morgan fingerprint density at radius 2 is 1.28 bits per heavy atom. The third-order valence-corrected chi connectivity index (χ3v) is 8.01. The molecule has 228 valence electrons. The van der Waals surface area contributed by atoms with E-state index in [9.17, 15) is 24.6 Å². The maximum Gasteiger partial charge on any atom is 0.338 e.